The molecule has 1 aromatic carbocycles. The molecule has 23 nitrogen and oxygen atoms in total. The van der Waals surface area contributed by atoms with Crippen molar-refractivity contribution < 1.29 is 100.0 Å². The number of carbonyl (C=O) groups excluding carboxylic acids is 9. The van der Waals surface area contributed by atoms with E-state index in [1.54, 1.807) is 30.3 Å². The maximum Gasteiger partial charge on any atom is 0.408 e. The van der Waals surface area contributed by atoms with Gasteiger partial charge in [-0.1, -0.05) is 69.4 Å². The molecule has 2 heterocycles. The van der Waals surface area contributed by atoms with E-state index in [9.17, 15) is 43.2 Å². The molecule has 1 aromatic rings. The van der Waals surface area contributed by atoms with E-state index in [1.807, 2.05) is 0 Å². The molecule has 2 aliphatic rings. The summed E-state index contributed by atoms with van der Waals surface area (Å²) in [5.74, 6) is -7.00. The smallest absolute Gasteiger partial charge is 0.408 e. The lowest BCUT2D eigenvalue weighted by atomic mass is 9.96. The first-order chi connectivity index (χ1) is 32.3. The van der Waals surface area contributed by atoms with Crippen molar-refractivity contribution in [2.24, 2.45) is 0 Å². The first-order valence-electron chi connectivity index (χ1n) is 22.2. The first kappa shape index (κ1) is 56.4. The molecule has 2 fully saturated rings. The Labute approximate surface area is 394 Å². The fraction of sp³-hybridized carbons (Fsp3) is 0.667. The third-order valence-corrected chi connectivity index (χ3v) is 9.96. The van der Waals surface area contributed by atoms with Crippen LogP contribution in [-0.4, -0.2) is 148 Å². The van der Waals surface area contributed by atoms with Gasteiger partial charge in [-0.15, -0.1) is 0 Å². The molecular weight excluding hydrogens is 904 g/mol. The molecule has 2 aliphatic heterocycles. The number of ether oxygens (including phenoxy) is 12. The largest absolute Gasteiger partial charge is 0.463 e. The van der Waals surface area contributed by atoms with Gasteiger partial charge in [0.1, 0.15) is 44.2 Å². The van der Waals surface area contributed by atoms with Gasteiger partial charge in [-0.25, -0.2) is 4.79 Å². The molecule has 2 amide bonds. The van der Waals surface area contributed by atoms with Gasteiger partial charge in [-0.3, -0.25) is 38.4 Å². The highest BCUT2D eigenvalue weighted by Crippen LogP contribution is 2.35. The molecule has 2 saturated heterocycles. The van der Waals surface area contributed by atoms with Crippen molar-refractivity contribution in [2.75, 3.05) is 26.4 Å². The van der Waals surface area contributed by atoms with Gasteiger partial charge in [0.25, 0.3) is 0 Å². The summed E-state index contributed by atoms with van der Waals surface area (Å²) in [5.41, 5.74) is 0.666. The van der Waals surface area contributed by atoms with Gasteiger partial charge in [0.2, 0.25) is 5.91 Å². The summed E-state index contributed by atoms with van der Waals surface area (Å²) in [6.45, 7) is 7.49. The molecule has 2 N–H and O–H groups in total. The van der Waals surface area contributed by atoms with E-state index < -0.39 is 141 Å². The third kappa shape index (κ3) is 19.7. The Morgan fingerprint density at radius 3 is 1.56 bits per heavy atom. The summed E-state index contributed by atoms with van der Waals surface area (Å²) in [5, 5.41) is 5.27. The molecule has 0 aromatic heterocycles. The predicted molar refractivity (Wildman–Crippen MR) is 229 cm³/mol. The highest BCUT2D eigenvalue weighted by molar-refractivity contribution is 5.85. The standard InChI is InChI=1S/C45H64N2O21/c1-9-10-11-12-13-17-20-46-42(55)33(47-45(56)60-21-32-18-15-14-16-19-32)22-59-43-40(64-30(7)53)39(63-29(6)52)37(35(66-43)24-58-26(3)49)68-44-41(65-31(8)54)38(62-28(5)51)36(61-27(4)50)34(67-44)23-57-25(2)48/h14-16,18-19,33-41,43-44H,9-13,17,20-24H2,1-8H3,(H,46,55)(H,47,56)/t33-,34?,35-,36+,37+,38-,39?,40?,41?,43+,44-/m0/s1. The maximum absolute atomic E-state index is 13.7. The van der Waals surface area contributed by atoms with Crippen LogP contribution in [0.1, 0.15) is 99.5 Å². The SMILES string of the molecule is CCCCCCCCNC(=O)[C@H](CO[C@@H]1O[C@@H](COC(C)=O)[C@@H](O[C@@H]2OC(COC(C)=O)[C@@H](OC(C)=O)[C@H](OC(C)=O)C2OC(C)=O)C(OC(C)=O)C1OC(C)=O)NC(=O)OCc1ccccc1. The summed E-state index contributed by atoms with van der Waals surface area (Å²) >= 11 is 0. The topological polar surface area (TPSA) is 288 Å². The lowest BCUT2D eigenvalue weighted by Gasteiger charge is -2.48. The predicted octanol–water partition coefficient (Wildman–Crippen LogP) is 2.39. The van der Waals surface area contributed by atoms with Crippen molar-refractivity contribution in [3.05, 3.63) is 35.9 Å². The van der Waals surface area contributed by atoms with Crippen molar-refractivity contribution >= 4 is 53.8 Å². The van der Waals surface area contributed by atoms with Crippen LogP contribution in [0.4, 0.5) is 4.79 Å². The molecule has 0 saturated carbocycles. The molecule has 4 unspecified atom stereocenters. The minimum atomic E-state index is -1.90. The molecule has 23 heteroatoms. The van der Waals surface area contributed by atoms with Gasteiger partial charge in [-0.05, 0) is 12.0 Å². The average molecular weight is 969 g/mol. The van der Waals surface area contributed by atoms with Crippen LogP contribution in [0.5, 0.6) is 0 Å². The number of rotatable bonds is 25. The number of nitrogens with one attached hydrogen (secondary N) is 2. The Kier molecular flexibility index (Phi) is 24.1. The van der Waals surface area contributed by atoms with Crippen LogP contribution in [0.3, 0.4) is 0 Å². The van der Waals surface area contributed by atoms with E-state index in [2.05, 4.69) is 17.6 Å². The van der Waals surface area contributed by atoms with Crippen LogP contribution in [0.2, 0.25) is 0 Å². The molecule has 0 aliphatic carbocycles. The number of benzene rings is 1. The van der Waals surface area contributed by atoms with Crippen molar-refractivity contribution in [2.45, 2.75) is 168 Å². The summed E-state index contributed by atoms with van der Waals surface area (Å²) in [4.78, 5) is 114. The van der Waals surface area contributed by atoms with E-state index in [1.165, 1.54) is 0 Å². The molecule has 0 spiro atoms. The number of hydrogen-bond donors (Lipinski definition) is 2. The average Bonchev–Trinajstić information content (AvgIpc) is 3.25. The minimum Gasteiger partial charge on any atom is -0.463 e. The monoisotopic (exact) mass is 968 g/mol. The second kappa shape index (κ2) is 29.1. The van der Waals surface area contributed by atoms with Gasteiger partial charge in [0.05, 0.1) is 6.61 Å². The Morgan fingerprint density at radius 1 is 0.544 bits per heavy atom. The van der Waals surface area contributed by atoms with E-state index in [0.29, 0.717) is 12.0 Å². The molecule has 3 rings (SSSR count). The Balaban J connectivity index is 2.06. The maximum atomic E-state index is 13.7. The van der Waals surface area contributed by atoms with E-state index in [4.69, 9.17) is 56.8 Å². The Bertz CT molecular complexity index is 1850. The minimum absolute atomic E-state index is 0.136. The normalized spacial score (nSPS) is 24.7. The van der Waals surface area contributed by atoms with Crippen molar-refractivity contribution in [3.8, 4) is 0 Å². The zero-order chi connectivity index (χ0) is 50.3. The highest BCUT2D eigenvalue weighted by atomic mass is 16.8. The Morgan fingerprint density at radius 2 is 1.01 bits per heavy atom. The number of hydrogen-bond acceptors (Lipinski definition) is 21. The lowest BCUT2D eigenvalue weighted by Crippen LogP contribution is -2.67. The van der Waals surface area contributed by atoms with Crippen molar-refractivity contribution in [3.63, 3.8) is 0 Å². The summed E-state index contributed by atoms with van der Waals surface area (Å²) < 4.78 is 68.5. The van der Waals surface area contributed by atoms with Crippen LogP contribution in [0.15, 0.2) is 30.3 Å². The van der Waals surface area contributed by atoms with Crippen LogP contribution in [0, 0.1) is 0 Å². The number of unbranched alkanes of at least 4 members (excludes halogenated alkanes) is 5. The van der Waals surface area contributed by atoms with Crippen LogP contribution in [-0.2, 0) is 102 Å². The highest BCUT2D eigenvalue weighted by Gasteiger charge is 2.58. The van der Waals surface area contributed by atoms with Crippen LogP contribution in [0.25, 0.3) is 0 Å². The first-order valence-corrected chi connectivity index (χ1v) is 22.2. The van der Waals surface area contributed by atoms with Crippen LogP contribution >= 0.6 is 0 Å². The molecule has 0 bridgehead atoms. The lowest BCUT2D eigenvalue weighted by molar-refractivity contribution is -0.361. The van der Waals surface area contributed by atoms with Gasteiger partial charge in [0, 0.05) is 55.0 Å². The number of amides is 2. The summed E-state index contributed by atoms with van der Waals surface area (Å²) in [7, 11) is 0. The van der Waals surface area contributed by atoms with Gasteiger partial charge in [-0.2, -0.15) is 0 Å². The van der Waals surface area contributed by atoms with Crippen LogP contribution < -0.4 is 10.6 Å². The summed E-state index contributed by atoms with van der Waals surface area (Å²) in [6, 6.07) is 7.30. The van der Waals surface area contributed by atoms with E-state index in [0.717, 1.165) is 80.6 Å². The van der Waals surface area contributed by atoms with Crippen molar-refractivity contribution in [1.82, 2.24) is 10.6 Å². The fourth-order valence-electron chi connectivity index (χ4n) is 7.13. The zero-order valence-electron chi connectivity index (χ0n) is 39.6. The molecule has 0 radical (unpaired) electrons. The number of esters is 7. The molecule has 380 valence electrons. The molecular formula is C45H64N2O21. The number of carbonyl (C=O) groups is 9. The van der Waals surface area contributed by atoms with Gasteiger partial charge in [0.15, 0.2) is 43.1 Å². The van der Waals surface area contributed by atoms with E-state index >= 15 is 0 Å². The molecule has 11 atom stereocenters. The Hall–Kier alpha value is -5.91. The fourth-order valence-corrected chi connectivity index (χ4v) is 7.13. The summed E-state index contributed by atoms with van der Waals surface area (Å²) in [6.07, 6.45) is -12.4. The quantitative estimate of drug-likeness (QED) is 0.0808. The second-order valence-electron chi connectivity index (χ2n) is 15.8. The number of alkyl carbamates (subject to hydrolysis) is 1. The second-order valence-corrected chi connectivity index (χ2v) is 15.8. The molecule has 68 heavy (non-hydrogen) atoms. The van der Waals surface area contributed by atoms with Gasteiger partial charge < -0.3 is 67.5 Å². The van der Waals surface area contributed by atoms with Crippen molar-refractivity contribution in [1.29, 1.82) is 0 Å². The third-order valence-electron chi connectivity index (χ3n) is 9.96. The zero-order valence-corrected chi connectivity index (χ0v) is 39.6. The van der Waals surface area contributed by atoms with Gasteiger partial charge >= 0.3 is 47.9 Å². The van der Waals surface area contributed by atoms with E-state index in [-0.39, 0.29) is 13.2 Å².